The van der Waals surface area contributed by atoms with Gasteiger partial charge in [-0.05, 0) is 66.3 Å². The first kappa shape index (κ1) is 28.7. The minimum atomic E-state index is -0.858. The molecule has 38 heavy (non-hydrogen) atoms. The number of carbonyl (C=O) groups is 3. The Bertz CT molecular complexity index is 1190. The lowest BCUT2D eigenvalue weighted by molar-refractivity contribution is -0.137. The number of ether oxygens (including phenoxy) is 1. The van der Waals surface area contributed by atoms with Gasteiger partial charge in [0.05, 0.1) is 6.61 Å². The van der Waals surface area contributed by atoms with Gasteiger partial charge in [0.25, 0.3) is 0 Å². The van der Waals surface area contributed by atoms with Gasteiger partial charge in [-0.1, -0.05) is 41.9 Å². The van der Waals surface area contributed by atoms with Crippen molar-refractivity contribution in [1.82, 2.24) is 15.6 Å². The number of pyridine rings is 1. The van der Waals surface area contributed by atoms with Gasteiger partial charge < -0.3 is 20.5 Å². The van der Waals surface area contributed by atoms with E-state index in [1.165, 1.54) is 0 Å². The molecule has 0 fully saturated rings. The van der Waals surface area contributed by atoms with Crippen LogP contribution >= 0.6 is 11.6 Å². The van der Waals surface area contributed by atoms with E-state index in [-0.39, 0.29) is 24.7 Å². The van der Waals surface area contributed by atoms with Crippen molar-refractivity contribution in [2.24, 2.45) is 0 Å². The molecule has 0 aliphatic carbocycles. The van der Waals surface area contributed by atoms with E-state index in [4.69, 9.17) is 21.4 Å². The maximum absolute atomic E-state index is 13.1. The summed E-state index contributed by atoms with van der Waals surface area (Å²) >= 11 is 6.05. The van der Waals surface area contributed by atoms with E-state index in [0.29, 0.717) is 49.6 Å². The Morgan fingerprint density at radius 3 is 2.45 bits per heavy atom. The van der Waals surface area contributed by atoms with Crippen molar-refractivity contribution in [3.63, 3.8) is 0 Å². The lowest BCUT2D eigenvalue weighted by Gasteiger charge is -2.19. The van der Waals surface area contributed by atoms with Crippen LogP contribution in [0, 0.1) is 0 Å². The zero-order chi connectivity index (χ0) is 27.2. The van der Waals surface area contributed by atoms with Crippen molar-refractivity contribution < 1.29 is 24.2 Å². The van der Waals surface area contributed by atoms with Crippen LogP contribution in [0.15, 0.2) is 73.1 Å². The maximum atomic E-state index is 13.1. The Kier molecular flexibility index (Phi) is 11.6. The molecule has 8 nitrogen and oxygen atoms in total. The van der Waals surface area contributed by atoms with Crippen LogP contribution in [0.5, 0.6) is 5.75 Å². The molecule has 0 saturated carbocycles. The summed E-state index contributed by atoms with van der Waals surface area (Å²) in [5.41, 5.74) is 2.81. The number of halogens is 1. The Morgan fingerprint density at radius 2 is 1.74 bits per heavy atom. The predicted molar refractivity (Wildman–Crippen MR) is 145 cm³/mol. The first-order chi connectivity index (χ1) is 18.4. The monoisotopic (exact) mass is 537 g/mol. The van der Waals surface area contributed by atoms with Crippen molar-refractivity contribution >= 4 is 29.4 Å². The topological polar surface area (TPSA) is 118 Å². The van der Waals surface area contributed by atoms with Crippen molar-refractivity contribution in [2.75, 3.05) is 13.2 Å². The Labute approximate surface area is 227 Å². The van der Waals surface area contributed by atoms with E-state index >= 15 is 0 Å². The summed E-state index contributed by atoms with van der Waals surface area (Å²) in [5, 5.41) is 15.2. The fourth-order valence-corrected chi connectivity index (χ4v) is 4.01. The van der Waals surface area contributed by atoms with Gasteiger partial charge >= 0.3 is 5.97 Å². The van der Waals surface area contributed by atoms with Gasteiger partial charge in [0, 0.05) is 43.2 Å². The van der Waals surface area contributed by atoms with Crippen molar-refractivity contribution in [3.05, 3.63) is 94.8 Å². The number of benzene rings is 2. The van der Waals surface area contributed by atoms with E-state index in [2.05, 4.69) is 15.6 Å². The van der Waals surface area contributed by atoms with Gasteiger partial charge in [0.15, 0.2) is 0 Å². The molecule has 200 valence electrons. The average molecular weight is 538 g/mol. The first-order valence-electron chi connectivity index (χ1n) is 12.5. The van der Waals surface area contributed by atoms with Gasteiger partial charge in [-0.3, -0.25) is 19.4 Å². The molecule has 0 radical (unpaired) electrons. The lowest BCUT2D eigenvalue weighted by Crippen LogP contribution is -2.48. The standard InChI is InChI=1S/C29H32ClN3O5/c30-24-6-1-4-21(18-24)14-16-32-29(37)26(33-27(34)13-10-23-5-2-15-31-20-23)19-22-8-11-25(12-9-22)38-17-3-7-28(35)36/h1-2,4-6,8-9,11-12,15,18,20,26H,3,7,10,13-14,16-17,19H2,(H,32,37)(H,33,34)(H,35,36)/t26-/m0/s1. The summed E-state index contributed by atoms with van der Waals surface area (Å²) in [6.07, 6.45) is 5.55. The second kappa shape index (κ2) is 15.4. The number of aromatic nitrogens is 1. The van der Waals surface area contributed by atoms with Gasteiger partial charge in [-0.15, -0.1) is 0 Å². The number of nitrogens with zero attached hydrogens (tertiary/aromatic N) is 1. The second-order valence-electron chi connectivity index (χ2n) is 8.85. The Hall–Kier alpha value is -3.91. The summed E-state index contributed by atoms with van der Waals surface area (Å²) in [6.45, 7) is 0.709. The normalized spacial score (nSPS) is 11.4. The summed E-state index contributed by atoms with van der Waals surface area (Å²) < 4.78 is 5.58. The fourth-order valence-electron chi connectivity index (χ4n) is 3.80. The SMILES string of the molecule is O=C(O)CCCOc1ccc(C[C@H](NC(=O)CCc2cccnc2)C(=O)NCCc2cccc(Cl)c2)cc1. The molecule has 0 saturated heterocycles. The number of carbonyl (C=O) groups excluding carboxylic acids is 2. The van der Waals surface area contributed by atoms with Crippen molar-refractivity contribution in [1.29, 1.82) is 0 Å². The summed E-state index contributed by atoms with van der Waals surface area (Å²) in [7, 11) is 0. The molecule has 0 bridgehead atoms. The Balaban J connectivity index is 1.58. The highest BCUT2D eigenvalue weighted by atomic mass is 35.5. The third-order valence-corrected chi connectivity index (χ3v) is 6.02. The maximum Gasteiger partial charge on any atom is 0.303 e. The second-order valence-corrected chi connectivity index (χ2v) is 9.28. The van der Waals surface area contributed by atoms with E-state index in [9.17, 15) is 14.4 Å². The largest absolute Gasteiger partial charge is 0.494 e. The smallest absolute Gasteiger partial charge is 0.303 e. The highest BCUT2D eigenvalue weighted by Gasteiger charge is 2.21. The number of rotatable bonds is 15. The zero-order valence-corrected chi connectivity index (χ0v) is 21.8. The van der Waals surface area contributed by atoms with Gasteiger partial charge in [0.2, 0.25) is 11.8 Å². The average Bonchev–Trinajstić information content (AvgIpc) is 2.91. The van der Waals surface area contributed by atoms with E-state index < -0.39 is 12.0 Å². The minimum absolute atomic E-state index is 0.0483. The quantitative estimate of drug-likeness (QED) is 0.252. The molecule has 3 aromatic rings. The molecule has 2 amide bonds. The number of aryl methyl sites for hydroxylation is 1. The molecule has 0 unspecified atom stereocenters. The molecule has 0 aliphatic heterocycles. The molecule has 1 atom stereocenters. The molecule has 1 heterocycles. The van der Waals surface area contributed by atoms with E-state index in [1.807, 2.05) is 42.5 Å². The van der Waals surface area contributed by atoms with Crippen LogP contribution in [0.4, 0.5) is 0 Å². The third-order valence-electron chi connectivity index (χ3n) is 5.78. The first-order valence-corrected chi connectivity index (χ1v) is 12.9. The number of carboxylic acids is 1. The molecule has 1 aromatic heterocycles. The van der Waals surface area contributed by atoms with Crippen molar-refractivity contribution in [3.8, 4) is 5.75 Å². The van der Waals surface area contributed by atoms with Crippen LogP contribution in [-0.4, -0.2) is 47.1 Å². The Morgan fingerprint density at radius 1 is 0.947 bits per heavy atom. The van der Waals surface area contributed by atoms with E-state index in [1.54, 1.807) is 30.6 Å². The molecule has 3 rings (SSSR count). The van der Waals surface area contributed by atoms with Crippen LogP contribution in [0.1, 0.15) is 36.0 Å². The number of hydrogen-bond donors (Lipinski definition) is 3. The summed E-state index contributed by atoms with van der Waals surface area (Å²) in [6, 6.07) is 17.7. The van der Waals surface area contributed by atoms with Crippen LogP contribution in [0.25, 0.3) is 0 Å². The molecule has 3 N–H and O–H groups in total. The highest BCUT2D eigenvalue weighted by molar-refractivity contribution is 6.30. The van der Waals surface area contributed by atoms with Gasteiger partial charge in [-0.25, -0.2) is 0 Å². The highest BCUT2D eigenvalue weighted by Crippen LogP contribution is 2.15. The number of amides is 2. The molecule has 0 spiro atoms. The van der Waals surface area contributed by atoms with Gasteiger partial charge in [0.1, 0.15) is 11.8 Å². The fraction of sp³-hybridized carbons (Fsp3) is 0.310. The third kappa shape index (κ3) is 10.6. The minimum Gasteiger partial charge on any atom is -0.494 e. The summed E-state index contributed by atoms with van der Waals surface area (Å²) in [5.74, 6) is -0.733. The zero-order valence-electron chi connectivity index (χ0n) is 21.1. The van der Waals surface area contributed by atoms with E-state index in [0.717, 1.165) is 16.7 Å². The predicted octanol–water partition coefficient (Wildman–Crippen LogP) is 4.00. The lowest BCUT2D eigenvalue weighted by atomic mass is 10.0. The van der Waals surface area contributed by atoms with Crippen molar-refractivity contribution in [2.45, 2.75) is 44.6 Å². The number of carboxylic acid groups (broad SMARTS) is 1. The molecular formula is C29H32ClN3O5. The molecule has 2 aromatic carbocycles. The van der Waals surface area contributed by atoms with Crippen LogP contribution in [0.3, 0.4) is 0 Å². The number of nitrogens with one attached hydrogen (secondary N) is 2. The van der Waals surface area contributed by atoms with Crippen LogP contribution in [-0.2, 0) is 33.6 Å². The molecule has 9 heteroatoms. The number of aliphatic carboxylic acids is 1. The molecule has 0 aliphatic rings. The summed E-state index contributed by atoms with van der Waals surface area (Å²) in [4.78, 5) is 40.5. The van der Waals surface area contributed by atoms with Gasteiger partial charge in [-0.2, -0.15) is 0 Å². The van der Waals surface area contributed by atoms with Crippen LogP contribution < -0.4 is 15.4 Å². The number of hydrogen-bond acceptors (Lipinski definition) is 5. The van der Waals surface area contributed by atoms with Crippen LogP contribution in [0.2, 0.25) is 5.02 Å². The molecular weight excluding hydrogens is 506 g/mol.